The van der Waals surface area contributed by atoms with Crippen LogP contribution in [-0.2, 0) is 19.4 Å². The summed E-state index contributed by atoms with van der Waals surface area (Å²) in [7, 11) is 0. The minimum Gasteiger partial charge on any atom is -0.506 e. The number of thioether (sulfide) groups is 1. The van der Waals surface area contributed by atoms with Crippen LogP contribution < -0.4 is 5.56 Å². The van der Waals surface area contributed by atoms with E-state index in [0.717, 1.165) is 89.1 Å². The van der Waals surface area contributed by atoms with E-state index in [1.807, 2.05) is 22.4 Å². The van der Waals surface area contributed by atoms with Gasteiger partial charge in [0.05, 0.1) is 10.1 Å². The van der Waals surface area contributed by atoms with Gasteiger partial charge < -0.3 is 5.11 Å². The third-order valence-electron chi connectivity index (χ3n) is 7.38. The van der Waals surface area contributed by atoms with Crippen molar-refractivity contribution in [3.8, 4) is 5.75 Å². The molecule has 0 bridgehead atoms. The van der Waals surface area contributed by atoms with Gasteiger partial charge in [0.1, 0.15) is 16.4 Å². The Morgan fingerprint density at radius 3 is 2.76 bits per heavy atom. The average molecular weight is 483 g/mol. The highest BCUT2D eigenvalue weighted by molar-refractivity contribution is 8.03. The smallest absolute Gasteiger partial charge is 0.262 e. The predicted molar refractivity (Wildman–Crippen MR) is 142 cm³/mol. The fraction of sp³-hybridized carbons (Fsp3) is 0.556. The average Bonchev–Trinajstić information content (AvgIpc) is 3.58. The second-order valence-corrected chi connectivity index (χ2v) is 11.9. The highest BCUT2D eigenvalue weighted by atomic mass is 32.2. The van der Waals surface area contributed by atoms with Crippen LogP contribution in [0.2, 0.25) is 0 Å². The Kier molecular flexibility index (Phi) is 7.12. The molecule has 176 valence electrons. The molecule has 5 rings (SSSR count). The molecule has 3 heterocycles. The number of allylic oxidation sites excluding steroid dienone is 1. The van der Waals surface area contributed by atoms with Crippen molar-refractivity contribution in [3.05, 3.63) is 45.4 Å². The number of phenols is 1. The molecule has 1 saturated carbocycles. The van der Waals surface area contributed by atoms with E-state index in [1.165, 1.54) is 37.0 Å². The van der Waals surface area contributed by atoms with Crippen molar-refractivity contribution < 1.29 is 5.11 Å². The van der Waals surface area contributed by atoms with Crippen LogP contribution in [0.5, 0.6) is 5.75 Å². The number of hydrogen-bond donors (Lipinski definition) is 1. The van der Waals surface area contributed by atoms with Crippen LogP contribution >= 0.6 is 23.1 Å². The molecular weight excluding hydrogens is 448 g/mol. The molecule has 0 spiro atoms. The molecule has 1 N–H and O–H groups in total. The quantitative estimate of drug-likeness (QED) is 0.351. The molecule has 2 aliphatic rings. The second kappa shape index (κ2) is 10.2. The lowest BCUT2D eigenvalue weighted by molar-refractivity contribution is 0.479. The Morgan fingerprint density at radius 2 is 2.00 bits per heavy atom. The van der Waals surface area contributed by atoms with Gasteiger partial charge in [-0.25, -0.2) is 4.98 Å². The number of rotatable bonds is 9. The molecule has 1 aliphatic carbocycles. The van der Waals surface area contributed by atoms with Crippen molar-refractivity contribution in [2.75, 3.05) is 0 Å². The normalized spacial score (nSPS) is 18.9. The van der Waals surface area contributed by atoms with E-state index in [0.29, 0.717) is 5.25 Å². The number of unbranched alkanes of at least 4 members (excludes halogenated alkanes) is 1. The molecule has 0 amide bonds. The van der Waals surface area contributed by atoms with Gasteiger partial charge >= 0.3 is 0 Å². The van der Waals surface area contributed by atoms with Gasteiger partial charge in [-0.15, -0.1) is 23.1 Å². The van der Waals surface area contributed by atoms with Crippen molar-refractivity contribution in [2.45, 2.75) is 89.3 Å². The van der Waals surface area contributed by atoms with E-state index in [-0.39, 0.29) is 11.3 Å². The maximum absolute atomic E-state index is 14.0. The lowest BCUT2D eigenvalue weighted by Gasteiger charge is -2.16. The first-order valence-electron chi connectivity index (χ1n) is 12.6. The van der Waals surface area contributed by atoms with Crippen LogP contribution in [0.1, 0.15) is 76.1 Å². The Labute approximate surface area is 204 Å². The number of aryl methyl sites for hydroxylation is 2. The zero-order valence-electron chi connectivity index (χ0n) is 19.5. The van der Waals surface area contributed by atoms with E-state index in [1.54, 1.807) is 6.07 Å². The molecule has 1 aromatic carbocycles. The summed E-state index contributed by atoms with van der Waals surface area (Å²) in [4.78, 5) is 19.9. The van der Waals surface area contributed by atoms with Gasteiger partial charge in [-0.3, -0.25) is 9.36 Å². The van der Waals surface area contributed by atoms with Gasteiger partial charge in [-0.1, -0.05) is 51.2 Å². The topological polar surface area (TPSA) is 55.1 Å². The first kappa shape index (κ1) is 23.0. The number of fused-ring (bicyclic) bond motifs is 3. The number of phenolic OH excluding ortho intramolecular Hbond substituents is 1. The number of benzene rings is 1. The Morgan fingerprint density at radius 1 is 1.15 bits per heavy atom. The van der Waals surface area contributed by atoms with E-state index in [9.17, 15) is 9.90 Å². The largest absolute Gasteiger partial charge is 0.506 e. The van der Waals surface area contributed by atoms with E-state index in [4.69, 9.17) is 4.98 Å². The first-order valence-corrected chi connectivity index (χ1v) is 14.4. The number of nitrogens with zero attached hydrogens (tertiary/aromatic N) is 2. The van der Waals surface area contributed by atoms with Gasteiger partial charge in [0.2, 0.25) is 0 Å². The molecule has 2 aromatic heterocycles. The van der Waals surface area contributed by atoms with Crippen molar-refractivity contribution in [3.63, 3.8) is 0 Å². The summed E-state index contributed by atoms with van der Waals surface area (Å²) in [5.41, 5.74) is 1.25. The van der Waals surface area contributed by atoms with Crippen LogP contribution in [0.4, 0.5) is 0 Å². The molecule has 0 saturated heterocycles. The Bertz CT molecular complexity index is 1210. The summed E-state index contributed by atoms with van der Waals surface area (Å²) in [6.07, 6.45) is 14.7. The molecule has 1 aliphatic heterocycles. The van der Waals surface area contributed by atoms with Crippen molar-refractivity contribution in [1.29, 1.82) is 0 Å². The number of hydrogen-bond acceptors (Lipinski definition) is 5. The highest BCUT2D eigenvalue weighted by Crippen LogP contribution is 2.39. The SMILES string of the molecule is CCCCc1ccc(O)c2sc3nc(CCC4CCCC4)n(CCC4CC=CS4)c(=O)c3c12. The lowest BCUT2D eigenvalue weighted by Crippen LogP contribution is -2.26. The first-order chi connectivity index (χ1) is 16.2. The molecule has 0 radical (unpaired) electrons. The summed E-state index contributed by atoms with van der Waals surface area (Å²) in [5.74, 6) is 1.98. The second-order valence-electron chi connectivity index (χ2n) is 9.66. The van der Waals surface area contributed by atoms with Gasteiger partial charge in [0, 0.05) is 23.6 Å². The predicted octanol–water partition coefficient (Wildman–Crippen LogP) is 7.19. The highest BCUT2D eigenvalue weighted by Gasteiger charge is 2.22. The number of aromatic hydroxyl groups is 1. The maximum Gasteiger partial charge on any atom is 0.262 e. The van der Waals surface area contributed by atoms with Gasteiger partial charge in [-0.05, 0) is 55.1 Å². The molecule has 1 unspecified atom stereocenters. The molecule has 1 atom stereocenters. The van der Waals surface area contributed by atoms with Crippen LogP contribution in [0.25, 0.3) is 20.3 Å². The lowest BCUT2D eigenvalue weighted by atomic mass is 10.0. The fourth-order valence-corrected chi connectivity index (χ4v) is 7.52. The third kappa shape index (κ3) is 4.74. The Hall–Kier alpha value is -1.79. The standard InChI is InChI=1S/C27H34N2O2S2/c1-2-3-9-19-12-13-21(30)25-23(19)24-26(33-25)28-22(14-11-18-7-4-5-8-18)29(27(24)31)16-15-20-10-6-17-32-20/h6,12-13,17-18,20,30H,2-5,7-11,14-16H2,1H3. The monoisotopic (exact) mass is 482 g/mol. The van der Waals surface area contributed by atoms with Crippen LogP contribution in [0, 0.1) is 5.92 Å². The number of aromatic nitrogens is 2. The maximum atomic E-state index is 14.0. The van der Waals surface area contributed by atoms with Crippen LogP contribution in [-0.4, -0.2) is 19.9 Å². The van der Waals surface area contributed by atoms with Crippen molar-refractivity contribution in [1.82, 2.24) is 9.55 Å². The summed E-state index contributed by atoms with van der Waals surface area (Å²) < 4.78 is 2.80. The summed E-state index contributed by atoms with van der Waals surface area (Å²) in [5, 5.41) is 15.0. The van der Waals surface area contributed by atoms with E-state index in [2.05, 4.69) is 18.4 Å². The summed E-state index contributed by atoms with van der Waals surface area (Å²) in [6.45, 7) is 2.91. The van der Waals surface area contributed by atoms with Crippen molar-refractivity contribution >= 4 is 43.4 Å². The number of thiophene rings is 1. The molecule has 6 heteroatoms. The Balaban J connectivity index is 1.59. The zero-order chi connectivity index (χ0) is 22.8. The zero-order valence-corrected chi connectivity index (χ0v) is 21.1. The van der Waals surface area contributed by atoms with Crippen molar-refractivity contribution in [2.24, 2.45) is 5.92 Å². The molecular formula is C27H34N2O2S2. The van der Waals surface area contributed by atoms with Gasteiger partial charge in [-0.2, -0.15) is 0 Å². The summed E-state index contributed by atoms with van der Waals surface area (Å²) in [6, 6.07) is 3.78. The minimum absolute atomic E-state index is 0.0898. The minimum atomic E-state index is 0.0898. The summed E-state index contributed by atoms with van der Waals surface area (Å²) >= 11 is 3.37. The third-order valence-corrected chi connectivity index (χ3v) is 9.65. The van der Waals surface area contributed by atoms with Gasteiger partial charge in [0.15, 0.2) is 0 Å². The molecule has 1 fully saturated rings. The molecule has 33 heavy (non-hydrogen) atoms. The van der Waals surface area contributed by atoms with E-state index >= 15 is 0 Å². The van der Waals surface area contributed by atoms with Gasteiger partial charge in [0.25, 0.3) is 5.56 Å². The molecule has 3 aromatic rings. The van der Waals surface area contributed by atoms with Crippen LogP contribution in [0.15, 0.2) is 28.4 Å². The van der Waals surface area contributed by atoms with Crippen LogP contribution in [0.3, 0.4) is 0 Å². The van der Waals surface area contributed by atoms with E-state index < -0.39 is 0 Å². The molecule has 4 nitrogen and oxygen atoms in total. The fourth-order valence-electron chi connectivity index (χ4n) is 5.47.